The van der Waals surface area contributed by atoms with Gasteiger partial charge in [-0.25, -0.2) is 13.1 Å². The molecule has 1 aliphatic rings. The van der Waals surface area contributed by atoms with E-state index in [0.29, 0.717) is 37.4 Å². The van der Waals surface area contributed by atoms with Gasteiger partial charge in [-0.1, -0.05) is 0 Å². The average molecular weight is 312 g/mol. The van der Waals surface area contributed by atoms with Crippen LogP contribution in [0.3, 0.4) is 0 Å². The standard InChI is InChI=1S/C14H20N2O4S/c1-10-8-12(14(17)16-4-6-20-7-5-16)9-13(11(10)2)21(18,19)15-3/h8-9,15H,4-7H2,1-3H3. The number of nitrogens with zero attached hydrogens (tertiary/aromatic N) is 1. The van der Waals surface area contributed by atoms with Crippen molar-refractivity contribution in [2.75, 3.05) is 33.4 Å². The van der Waals surface area contributed by atoms with Crippen molar-refractivity contribution in [2.24, 2.45) is 0 Å². The van der Waals surface area contributed by atoms with E-state index in [-0.39, 0.29) is 10.8 Å². The van der Waals surface area contributed by atoms with Gasteiger partial charge < -0.3 is 9.64 Å². The molecule has 1 aliphatic heterocycles. The third-order valence-electron chi connectivity index (χ3n) is 3.72. The number of carbonyl (C=O) groups is 1. The van der Waals surface area contributed by atoms with Gasteiger partial charge in [0.1, 0.15) is 0 Å². The number of ether oxygens (including phenoxy) is 1. The Morgan fingerprint density at radius 1 is 1.24 bits per heavy atom. The van der Waals surface area contributed by atoms with E-state index >= 15 is 0 Å². The van der Waals surface area contributed by atoms with Crippen LogP contribution >= 0.6 is 0 Å². The third kappa shape index (κ3) is 3.25. The highest BCUT2D eigenvalue weighted by Gasteiger charge is 2.23. The molecule has 0 radical (unpaired) electrons. The van der Waals surface area contributed by atoms with Crippen LogP contribution in [0.1, 0.15) is 21.5 Å². The lowest BCUT2D eigenvalue weighted by atomic mass is 10.1. The van der Waals surface area contributed by atoms with Crippen LogP contribution < -0.4 is 4.72 Å². The zero-order chi connectivity index (χ0) is 15.6. The van der Waals surface area contributed by atoms with E-state index in [9.17, 15) is 13.2 Å². The van der Waals surface area contributed by atoms with Crippen molar-refractivity contribution in [2.45, 2.75) is 18.7 Å². The summed E-state index contributed by atoms with van der Waals surface area (Å²) in [6, 6.07) is 3.19. The molecule has 0 unspecified atom stereocenters. The topological polar surface area (TPSA) is 75.7 Å². The van der Waals surface area contributed by atoms with Crippen LogP contribution in [0.15, 0.2) is 17.0 Å². The molecule has 1 heterocycles. The summed E-state index contributed by atoms with van der Waals surface area (Å²) >= 11 is 0. The molecule has 1 aromatic rings. The smallest absolute Gasteiger partial charge is 0.254 e. The van der Waals surface area contributed by atoms with Crippen molar-refractivity contribution in [3.8, 4) is 0 Å². The van der Waals surface area contributed by atoms with Gasteiger partial charge in [-0.05, 0) is 44.2 Å². The van der Waals surface area contributed by atoms with E-state index in [0.717, 1.165) is 5.56 Å². The van der Waals surface area contributed by atoms with Crippen molar-refractivity contribution in [3.05, 3.63) is 28.8 Å². The fraction of sp³-hybridized carbons (Fsp3) is 0.500. The summed E-state index contributed by atoms with van der Waals surface area (Å²) < 4.78 is 31.7. The van der Waals surface area contributed by atoms with Gasteiger partial charge in [0, 0.05) is 18.7 Å². The van der Waals surface area contributed by atoms with Crippen LogP contribution in [0.5, 0.6) is 0 Å². The van der Waals surface area contributed by atoms with Crippen LogP contribution in [0, 0.1) is 13.8 Å². The van der Waals surface area contributed by atoms with Crippen LogP contribution in [-0.4, -0.2) is 52.6 Å². The minimum Gasteiger partial charge on any atom is -0.378 e. The lowest BCUT2D eigenvalue weighted by Gasteiger charge is -2.27. The highest BCUT2D eigenvalue weighted by Crippen LogP contribution is 2.22. The number of hydrogen-bond donors (Lipinski definition) is 1. The van der Waals surface area contributed by atoms with Crippen molar-refractivity contribution < 1.29 is 17.9 Å². The zero-order valence-corrected chi connectivity index (χ0v) is 13.3. The van der Waals surface area contributed by atoms with Crippen molar-refractivity contribution in [3.63, 3.8) is 0 Å². The molecule has 1 N–H and O–H groups in total. The van der Waals surface area contributed by atoms with Gasteiger partial charge in [0.25, 0.3) is 5.91 Å². The van der Waals surface area contributed by atoms with Crippen LogP contribution in [0.25, 0.3) is 0 Å². The maximum absolute atomic E-state index is 12.5. The first-order chi connectivity index (χ1) is 9.86. The van der Waals surface area contributed by atoms with Crippen molar-refractivity contribution >= 4 is 15.9 Å². The predicted molar refractivity (Wildman–Crippen MR) is 78.9 cm³/mol. The van der Waals surface area contributed by atoms with Gasteiger partial charge in [0.2, 0.25) is 10.0 Å². The molecule has 1 aromatic carbocycles. The molecule has 6 nitrogen and oxygen atoms in total. The number of morpholine rings is 1. The molecule has 0 saturated carbocycles. The number of carbonyl (C=O) groups excluding carboxylic acids is 1. The Hall–Kier alpha value is -1.44. The predicted octanol–water partition coefficient (Wildman–Crippen LogP) is 0.684. The number of rotatable bonds is 3. The van der Waals surface area contributed by atoms with Gasteiger partial charge in [0.05, 0.1) is 18.1 Å². The van der Waals surface area contributed by atoms with Crippen molar-refractivity contribution in [1.29, 1.82) is 0 Å². The van der Waals surface area contributed by atoms with Gasteiger partial charge in [0.15, 0.2) is 0 Å². The Bertz CT molecular complexity index is 649. The number of benzene rings is 1. The summed E-state index contributed by atoms with van der Waals surface area (Å²) in [6.45, 7) is 5.62. The second-order valence-corrected chi connectivity index (χ2v) is 6.88. The summed E-state index contributed by atoms with van der Waals surface area (Å²) in [4.78, 5) is 14.3. The Morgan fingerprint density at radius 2 is 1.86 bits per heavy atom. The van der Waals surface area contributed by atoms with E-state index in [2.05, 4.69) is 4.72 Å². The molecule has 0 aromatic heterocycles. The number of hydrogen-bond acceptors (Lipinski definition) is 4. The molecule has 2 rings (SSSR count). The number of aryl methyl sites for hydroxylation is 1. The normalized spacial score (nSPS) is 16.0. The molecule has 7 heteroatoms. The van der Waals surface area contributed by atoms with E-state index in [1.54, 1.807) is 24.8 Å². The summed E-state index contributed by atoms with van der Waals surface area (Å²) in [7, 11) is -2.22. The molecule has 116 valence electrons. The molecule has 1 fully saturated rings. The minimum atomic E-state index is -3.58. The third-order valence-corrected chi connectivity index (χ3v) is 5.26. The van der Waals surface area contributed by atoms with E-state index < -0.39 is 10.0 Å². The maximum atomic E-state index is 12.5. The summed E-state index contributed by atoms with van der Waals surface area (Å²) in [5.74, 6) is -0.158. The van der Waals surface area contributed by atoms with Gasteiger partial charge in [-0.15, -0.1) is 0 Å². The second kappa shape index (κ2) is 6.13. The Kier molecular flexibility index (Phi) is 4.65. The van der Waals surface area contributed by atoms with E-state index in [1.165, 1.54) is 13.1 Å². The first-order valence-corrected chi connectivity index (χ1v) is 8.27. The quantitative estimate of drug-likeness (QED) is 0.891. The average Bonchev–Trinajstić information content (AvgIpc) is 2.49. The van der Waals surface area contributed by atoms with Gasteiger partial charge in [-0.3, -0.25) is 4.79 Å². The fourth-order valence-electron chi connectivity index (χ4n) is 2.29. The number of amides is 1. The Labute approximate surface area is 125 Å². The molecule has 0 atom stereocenters. The second-order valence-electron chi connectivity index (χ2n) is 5.03. The van der Waals surface area contributed by atoms with E-state index in [4.69, 9.17) is 4.74 Å². The molecule has 0 spiro atoms. The van der Waals surface area contributed by atoms with Gasteiger partial charge >= 0.3 is 0 Å². The minimum absolute atomic E-state index is 0.154. The van der Waals surface area contributed by atoms with Gasteiger partial charge in [-0.2, -0.15) is 0 Å². The monoisotopic (exact) mass is 312 g/mol. The molecule has 1 amide bonds. The summed E-state index contributed by atoms with van der Waals surface area (Å²) in [5, 5.41) is 0. The molecular formula is C14H20N2O4S. The first kappa shape index (κ1) is 15.9. The Balaban J connectivity index is 2.43. The van der Waals surface area contributed by atoms with Crippen LogP contribution in [0.4, 0.5) is 0 Å². The number of nitrogens with one attached hydrogen (secondary N) is 1. The summed E-state index contributed by atoms with van der Waals surface area (Å²) in [6.07, 6.45) is 0. The fourth-order valence-corrected chi connectivity index (χ4v) is 3.35. The molecular weight excluding hydrogens is 292 g/mol. The lowest BCUT2D eigenvalue weighted by molar-refractivity contribution is 0.0302. The molecule has 0 bridgehead atoms. The van der Waals surface area contributed by atoms with Crippen LogP contribution in [0.2, 0.25) is 0 Å². The SMILES string of the molecule is CNS(=O)(=O)c1cc(C(=O)N2CCOCC2)cc(C)c1C. The first-order valence-electron chi connectivity index (χ1n) is 6.78. The molecule has 21 heavy (non-hydrogen) atoms. The molecule has 0 aliphatic carbocycles. The van der Waals surface area contributed by atoms with E-state index in [1.807, 2.05) is 0 Å². The summed E-state index contributed by atoms with van der Waals surface area (Å²) in [5.41, 5.74) is 1.83. The van der Waals surface area contributed by atoms with Crippen molar-refractivity contribution in [1.82, 2.24) is 9.62 Å². The number of sulfonamides is 1. The lowest BCUT2D eigenvalue weighted by Crippen LogP contribution is -2.40. The largest absolute Gasteiger partial charge is 0.378 e. The zero-order valence-electron chi connectivity index (χ0n) is 12.5. The Morgan fingerprint density at radius 3 is 2.43 bits per heavy atom. The highest BCUT2D eigenvalue weighted by atomic mass is 32.2. The highest BCUT2D eigenvalue weighted by molar-refractivity contribution is 7.89. The maximum Gasteiger partial charge on any atom is 0.254 e. The van der Waals surface area contributed by atoms with Crippen LogP contribution in [-0.2, 0) is 14.8 Å². The molecule has 1 saturated heterocycles.